The third kappa shape index (κ3) is 4.87. The molecule has 1 rings (SSSR count). The monoisotopic (exact) mass is 252 g/mol. The summed E-state index contributed by atoms with van der Waals surface area (Å²) < 4.78 is 1.64. The van der Waals surface area contributed by atoms with Gasteiger partial charge in [-0.2, -0.15) is 5.10 Å². The van der Waals surface area contributed by atoms with E-state index in [0.717, 1.165) is 13.0 Å². The molecule has 0 aliphatic heterocycles. The first-order valence-electron chi connectivity index (χ1n) is 6.32. The summed E-state index contributed by atoms with van der Waals surface area (Å²) in [5.74, 6) is 0.514. The summed E-state index contributed by atoms with van der Waals surface area (Å²) in [6.07, 6.45) is 4.30. The number of aromatic nitrogens is 2. The molecule has 0 aromatic carbocycles. The lowest BCUT2D eigenvalue weighted by molar-refractivity contribution is 0.0924. The molecule has 0 radical (unpaired) electrons. The van der Waals surface area contributed by atoms with Crippen LogP contribution in [0.1, 0.15) is 30.6 Å². The Morgan fingerprint density at radius 3 is 2.61 bits per heavy atom. The van der Waals surface area contributed by atoms with Crippen molar-refractivity contribution in [2.24, 2.45) is 13.0 Å². The molecule has 0 spiro atoms. The van der Waals surface area contributed by atoms with Gasteiger partial charge in [0.15, 0.2) is 0 Å². The summed E-state index contributed by atoms with van der Waals surface area (Å²) in [4.78, 5) is 14.1. The molecule has 0 aliphatic rings. The number of nitrogens with one attached hydrogen (secondary N) is 1. The highest BCUT2D eigenvalue weighted by atomic mass is 16.1. The average Bonchev–Trinajstić information content (AvgIpc) is 2.62. The highest BCUT2D eigenvalue weighted by Crippen LogP contribution is 2.07. The number of nitrogens with zero attached hydrogens (tertiary/aromatic N) is 3. The van der Waals surface area contributed by atoms with Crippen LogP contribution in [0.25, 0.3) is 0 Å². The van der Waals surface area contributed by atoms with Gasteiger partial charge < -0.3 is 10.2 Å². The number of likely N-dealkylation sites (N-methyl/N-ethyl adjacent to an activating group) is 1. The van der Waals surface area contributed by atoms with Crippen molar-refractivity contribution >= 4 is 5.91 Å². The second-order valence-corrected chi connectivity index (χ2v) is 5.46. The molecular formula is C13H24N4O. The highest BCUT2D eigenvalue weighted by molar-refractivity contribution is 5.93. The lowest BCUT2D eigenvalue weighted by Crippen LogP contribution is -2.42. The minimum Gasteiger partial charge on any atom is -0.348 e. The third-order valence-corrected chi connectivity index (χ3v) is 2.64. The van der Waals surface area contributed by atoms with Crippen molar-refractivity contribution in [3.63, 3.8) is 0 Å². The van der Waals surface area contributed by atoms with Crippen molar-refractivity contribution in [3.8, 4) is 0 Å². The number of carbonyl (C=O) groups excluding carboxylic acids is 1. The first-order chi connectivity index (χ1) is 8.38. The predicted octanol–water partition coefficient (Wildman–Crippen LogP) is 1.13. The van der Waals surface area contributed by atoms with E-state index >= 15 is 0 Å². The Bertz CT molecular complexity index is 374. The molecule has 0 fully saturated rings. The van der Waals surface area contributed by atoms with Crippen molar-refractivity contribution in [3.05, 3.63) is 18.0 Å². The van der Waals surface area contributed by atoms with Gasteiger partial charge in [0.25, 0.3) is 5.91 Å². The number of hydrogen-bond donors (Lipinski definition) is 1. The summed E-state index contributed by atoms with van der Waals surface area (Å²) in [6.45, 7) is 5.18. The van der Waals surface area contributed by atoms with Crippen molar-refractivity contribution in [1.29, 1.82) is 0 Å². The zero-order valence-electron chi connectivity index (χ0n) is 12.0. The molecule has 0 saturated heterocycles. The number of rotatable bonds is 6. The van der Waals surface area contributed by atoms with Crippen molar-refractivity contribution in [1.82, 2.24) is 20.0 Å². The lowest BCUT2D eigenvalue weighted by atomic mass is 10.0. The second-order valence-electron chi connectivity index (χ2n) is 5.46. The standard InChI is InChI=1S/C13H24N4O/c1-10(2)6-12(9-16(3)4)15-13(18)11-7-14-17(5)8-11/h7-8,10,12H,6,9H2,1-5H3,(H,15,18). The summed E-state index contributed by atoms with van der Waals surface area (Å²) >= 11 is 0. The van der Waals surface area contributed by atoms with Crippen LogP contribution in [-0.2, 0) is 7.05 Å². The van der Waals surface area contributed by atoms with E-state index < -0.39 is 0 Å². The summed E-state index contributed by atoms with van der Waals surface area (Å²) in [7, 11) is 5.84. The van der Waals surface area contributed by atoms with E-state index in [1.165, 1.54) is 0 Å². The van der Waals surface area contributed by atoms with E-state index in [4.69, 9.17) is 0 Å². The van der Waals surface area contributed by atoms with Gasteiger partial charge in [0.2, 0.25) is 0 Å². The predicted molar refractivity (Wildman–Crippen MR) is 72.5 cm³/mol. The number of carbonyl (C=O) groups is 1. The number of aryl methyl sites for hydroxylation is 1. The highest BCUT2D eigenvalue weighted by Gasteiger charge is 2.16. The summed E-state index contributed by atoms with van der Waals surface area (Å²) in [6, 6.07) is 0.174. The van der Waals surface area contributed by atoms with Gasteiger partial charge in [-0.25, -0.2) is 0 Å². The molecule has 0 aliphatic carbocycles. The van der Waals surface area contributed by atoms with Crippen molar-refractivity contribution in [2.75, 3.05) is 20.6 Å². The summed E-state index contributed by atoms with van der Waals surface area (Å²) in [5.41, 5.74) is 0.616. The maximum Gasteiger partial charge on any atom is 0.254 e. The molecule has 102 valence electrons. The molecule has 1 aromatic heterocycles. The average molecular weight is 252 g/mol. The second kappa shape index (κ2) is 6.54. The van der Waals surface area contributed by atoms with E-state index in [-0.39, 0.29) is 11.9 Å². The smallest absolute Gasteiger partial charge is 0.254 e. The zero-order valence-corrected chi connectivity index (χ0v) is 12.0. The van der Waals surface area contributed by atoms with Gasteiger partial charge in [0, 0.05) is 25.8 Å². The molecule has 1 heterocycles. The quantitative estimate of drug-likeness (QED) is 0.825. The molecule has 1 atom stereocenters. The number of hydrogen-bond acceptors (Lipinski definition) is 3. The van der Waals surface area contributed by atoms with Crippen LogP contribution in [0.2, 0.25) is 0 Å². The van der Waals surface area contributed by atoms with E-state index in [1.807, 2.05) is 21.1 Å². The van der Waals surface area contributed by atoms with Gasteiger partial charge in [-0.05, 0) is 26.4 Å². The number of amides is 1. The van der Waals surface area contributed by atoms with Gasteiger partial charge >= 0.3 is 0 Å². The van der Waals surface area contributed by atoms with Gasteiger partial charge in [0.05, 0.1) is 11.8 Å². The van der Waals surface area contributed by atoms with E-state index in [2.05, 4.69) is 29.2 Å². The fraction of sp³-hybridized carbons (Fsp3) is 0.692. The SMILES string of the molecule is CC(C)CC(CN(C)C)NC(=O)c1cnn(C)c1. The van der Waals surface area contributed by atoms with Crippen molar-refractivity contribution in [2.45, 2.75) is 26.3 Å². The van der Waals surface area contributed by atoms with Crippen LogP contribution in [0.3, 0.4) is 0 Å². The zero-order chi connectivity index (χ0) is 13.7. The van der Waals surface area contributed by atoms with Crippen LogP contribution in [-0.4, -0.2) is 47.3 Å². The van der Waals surface area contributed by atoms with Crippen LogP contribution in [0.15, 0.2) is 12.4 Å². The fourth-order valence-corrected chi connectivity index (χ4v) is 2.00. The Hall–Kier alpha value is -1.36. The lowest BCUT2D eigenvalue weighted by Gasteiger charge is -2.23. The Kier molecular flexibility index (Phi) is 5.34. The topological polar surface area (TPSA) is 50.2 Å². The molecule has 5 heteroatoms. The van der Waals surface area contributed by atoms with E-state index in [0.29, 0.717) is 11.5 Å². The third-order valence-electron chi connectivity index (χ3n) is 2.64. The maximum absolute atomic E-state index is 12.0. The van der Waals surface area contributed by atoms with Crippen LogP contribution < -0.4 is 5.32 Å². The minimum absolute atomic E-state index is 0.0457. The molecular weight excluding hydrogens is 228 g/mol. The molecule has 0 saturated carbocycles. The van der Waals surface area contributed by atoms with E-state index in [9.17, 15) is 4.79 Å². The van der Waals surface area contributed by atoms with Crippen LogP contribution in [0.5, 0.6) is 0 Å². The molecule has 1 unspecified atom stereocenters. The molecule has 0 bridgehead atoms. The van der Waals surface area contributed by atoms with Gasteiger partial charge in [0.1, 0.15) is 0 Å². The minimum atomic E-state index is -0.0457. The van der Waals surface area contributed by atoms with Crippen molar-refractivity contribution < 1.29 is 4.79 Å². The Balaban J connectivity index is 2.61. The maximum atomic E-state index is 12.0. The Morgan fingerprint density at radius 1 is 1.50 bits per heavy atom. The normalized spacial score (nSPS) is 13.1. The molecule has 1 amide bonds. The molecule has 1 aromatic rings. The van der Waals surface area contributed by atoms with Crippen LogP contribution in [0.4, 0.5) is 0 Å². The first-order valence-corrected chi connectivity index (χ1v) is 6.32. The Labute approximate surface area is 109 Å². The van der Waals surface area contributed by atoms with Crippen LogP contribution >= 0.6 is 0 Å². The fourth-order valence-electron chi connectivity index (χ4n) is 2.00. The largest absolute Gasteiger partial charge is 0.348 e. The molecule has 5 nitrogen and oxygen atoms in total. The molecule has 18 heavy (non-hydrogen) atoms. The first kappa shape index (κ1) is 14.7. The molecule has 1 N–H and O–H groups in total. The van der Waals surface area contributed by atoms with Gasteiger partial charge in [-0.15, -0.1) is 0 Å². The Morgan fingerprint density at radius 2 is 2.17 bits per heavy atom. The van der Waals surface area contributed by atoms with Gasteiger partial charge in [-0.1, -0.05) is 13.8 Å². The summed E-state index contributed by atoms with van der Waals surface area (Å²) in [5, 5.41) is 7.09. The van der Waals surface area contributed by atoms with Gasteiger partial charge in [-0.3, -0.25) is 9.48 Å². The van der Waals surface area contributed by atoms with E-state index in [1.54, 1.807) is 17.1 Å². The van der Waals surface area contributed by atoms with Crippen LogP contribution in [0, 0.1) is 5.92 Å².